The van der Waals surface area contributed by atoms with E-state index < -0.39 is 0 Å². The van der Waals surface area contributed by atoms with Crippen LogP contribution in [0.25, 0.3) is 0 Å². The number of benzene rings is 1. The Morgan fingerprint density at radius 1 is 1.38 bits per heavy atom. The summed E-state index contributed by atoms with van der Waals surface area (Å²) in [5.74, 6) is -0.0684. The van der Waals surface area contributed by atoms with Gasteiger partial charge in [-0.1, -0.05) is 13.8 Å². The molecule has 3 nitrogen and oxygen atoms in total. The number of fused-ring (bicyclic) bond motifs is 1. The SMILES string of the molecule is CC(C)C1CC(=O)Nc2cc(F)ccc2N1. The van der Waals surface area contributed by atoms with E-state index in [4.69, 9.17) is 0 Å². The molecule has 1 aromatic carbocycles. The number of carbonyl (C=O) groups is 1. The Bertz CT molecular complexity index is 417. The van der Waals surface area contributed by atoms with E-state index in [1.54, 1.807) is 6.07 Å². The molecule has 1 amide bonds. The number of hydrogen-bond donors (Lipinski definition) is 2. The highest BCUT2D eigenvalue weighted by molar-refractivity contribution is 5.96. The third kappa shape index (κ3) is 2.15. The van der Waals surface area contributed by atoms with Crippen molar-refractivity contribution >= 4 is 17.3 Å². The van der Waals surface area contributed by atoms with E-state index in [1.165, 1.54) is 12.1 Å². The van der Waals surface area contributed by atoms with Crippen molar-refractivity contribution in [2.75, 3.05) is 10.6 Å². The van der Waals surface area contributed by atoms with Crippen LogP contribution in [0, 0.1) is 11.7 Å². The van der Waals surface area contributed by atoms with E-state index in [0.29, 0.717) is 18.0 Å². The molecule has 1 unspecified atom stereocenters. The highest BCUT2D eigenvalue weighted by Gasteiger charge is 2.22. The van der Waals surface area contributed by atoms with Crippen molar-refractivity contribution in [3.8, 4) is 0 Å². The Hall–Kier alpha value is -1.58. The first-order chi connectivity index (χ1) is 7.56. The molecule has 0 fully saturated rings. The fourth-order valence-electron chi connectivity index (χ4n) is 1.80. The number of rotatable bonds is 1. The minimum atomic E-state index is -0.344. The lowest BCUT2D eigenvalue weighted by molar-refractivity contribution is -0.116. The van der Waals surface area contributed by atoms with Gasteiger partial charge in [-0.15, -0.1) is 0 Å². The van der Waals surface area contributed by atoms with Gasteiger partial charge in [0.15, 0.2) is 0 Å². The zero-order valence-electron chi connectivity index (χ0n) is 9.38. The van der Waals surface area contributed by atoms with E-state index in [2.05, 4.69) is 24.5 Å². The van der Waals surface area contributed by atoms with Gasteiger partial charge < -0.3 is 10.6 Å². The number of hydrogen-bond acceptors (Lipinski definition) is 2. The van der Waals surface area contributed by atoms with E-state index in [-0.39, 0.29) is 17.8 Å². The van der Waals surface area contributed by atoms with Gasteiger partial charge in [0.25, 0.3) is 0 Å². The molecule has 0 spiro atoms. The molecule has 0 saturated carbocycles. The fourth-order valence-corrected chi connectivity index (χ4v) is 1.80. The van der Waals surface area contributed by atoms with Crippen LogP contribution in [0.5, 0.6) is 0 Å². The molecule has 0 bridgehead atoms. The van der Waals surface area contributed by atoms with E-state index in [9.17, 15) is 9.18 Å². The van der Waals surface area contributed by atoms with Gasteiger partial charge in [-0.3, -0.25) is 4.79 Å². The topological polar surface area (TPSA) is 41.1 Å². The molecule has 1 aromatic rings. The molecule has 2 N–H and O–H groups in total. The number of anilines is 2. The molecule has 1 aliphatic rings. The molecule has 0 radical (unpaired) electrons. The van der Waals surface area contributed by atoms with Crippen molar-refractivity contribution in [2.24, 2.45) is 5.92 Å². The van der Waals surface area contributed by atoms with Gasteiger partial charge in [-0.25, -0.2) is 4.39 Å². The average molecular weight is 222 g/mol. The van der Waals surface area contributed by atoms with E-state index in [0.717, 1.165) is 5.69 Å². The first kappa shape index (κ1) is 10.9. The highest BCUT2D eigenvalue weighted by atomic mass is 19.1. The summed E-state index contributed by atoms with van der Waals surface area (Å²) in [5.41, 5.74) is 1.30. The van der Waals surface area contributed by atoms with Gasteiger partial charge in [-0.05, 0) is 24.1 Å². The van der Waals surface area contributed by atoms with Gasteiger partial charge in [0.2, 0.25) is 5.91 Å². The lowest BCUT2D eigenvalue weighted by Crippen LogP contribution is -2.27. The minimum Gasteiger partial charge on any atom is -0.380 e. The monoisotopic (exact) mass is 222 g/mol. The summed E-state index contributed by atoms with van der Waals surface area (Å²) in [6.07, 6.45) is 0.411. The van der Waals surface area contributed by atoms with Crippen LogP contribution in [0.4, 0.5) is 15.8 Å². The average Bonchev–Trinajstić information content (AvgIpc) is 2.35. The molecule has 4 heteroatoms. The van der Waals surface area contributed by atoms with Crippen LogP contribution in [0.2, 0.25) is 0 Å². The van der Waals surface area contributed by atoms with Crippen LogP contribution in [0.15, 0.2) is 18.2 Å². The normalized spacial score (nSPS) is 19.8. The summed E-state index contributed by atoms with van der Waals surface area (Å²) < 4.78 is 13.0. The van der Waals surface area contributed by atoms with E-state index >= 15 is 0 Å². The van der Waals surface area contributed by atoms with Crippen LogP contribution in [-0.2, 0) is 4.79 Å². The Morgan fingerprint density at radius 3 is 2.81 bits per heavy atom. The smallest absolute Gasteiger partial charge is 0.226 e. The molecule has 0 saturated heterocycles. The van der Waals surface area contributed by atoms with Gasteiger partial charge >= 0.3 is 0 Å². The molecular formula is C12H15FN2O. The van der Waals surface area contributed by atoms with Crippen molar-refractivity contribution in [2.45, 2.75) is 26.3 Å². The standard InChI is InChI=1S/C12H15FN2O/c1-7(2)10-6-12(16)15-11-5-8(13)3-4-9(11)14-10/h3-5,7,10,14H,6H2,1-2H3,(H,15,16). The summed E-state index contributed by atoms with van der Waals surface area (Å²) in [6.45, 7) is 4.11. The van der Waals surface area contributed by atoms with Crippen LogP contribution < -0.4 is 10.6 Å². The summed E-state index contributed by atoms with van der Waals surface area (Å²) in [4.78, 5) is 11.6. The third-order valence-electron chi connectivity index (χ3n) is 2.81. The maximum Gasteiger partial charge on any atom is 0.226 e. The lowest BCUT2D eigenvalue weighted by Gasteiger charge is -2.20. The second-order valence-electron chi connectivity index (χ2n) is 4.44. The van der Waals surface area contributed by atoms with Crippen molar-refractivity contribution < 1.29 is 9.18 Å². The predicted octanol–water partition coefficient (Wildman–Crippen LogP) is 2.60. The molecule has 2 rings (SSSR count). The summed E-state index contributed by atoms with van der Waals surface area (Å²) in [6, 6.07) is 4.47. The summed E-state index contributed by atoms with van der Waals surface area (Å²) in [5, 5.41) is 5.97. The third-order valence-corrected chi connectivity index (χ3v) is 2.81. The fraction of sp³-hybridized carbons (Fsp3) is 0.417. The van der Waals surface area contributed by atoms with Crippen molar-refractivity contribution in [3.63, 3.8) is 0 Å². The van der Waals surface area contributed by atoms with Crippen LogP contribution >= 0.6 is 0 Å². The Kier molecular flexibility index (Phi) is 2.81. The minimum absolute atomic E-state index is 0.0736. The van der Waals surface area contributed by atoms with Crippen molar-refractivity contribution in [1.82, 2.24) is 0 Å². The first-order valence-corrected chi connectivity index (χ1v) is 5.42. The second-order valence-corrected chi connectivity index (χ2v) is 4.44. The molecule has 86 valence electrons. The maximum atomic E-state index is 13.0. The van der Waals surface area contributed by atoms with Gasteiger partial charge in [0.1, 0.15) is 5.82 Å². The zero-order valence-corrected chi connectivity index (χ0v) is 9.38. The predicted molar refractivity (Wildman–Crippen MR) is 61.9 cm³/mol. The summed E-state index contributed by atoms with van der Waals surface area (Å²) >= 11 is 0. The molecular weight excluding hydrogens is 207 g/mol. The molecule has 0 aliphatic carbocycles. The number of amides is 1. The molecule has 1 aliphatic heterocycles. The van der Waals surface area contributed by atoms with E-state index in [1.807, 2.05) is 0 Å². The second kappa shape index (κ2) is 4.12. The molecule has 1 atom stereocenters. The van der Waals surface area contributed by atoms with Crippen LogP contribution in [-0.4, -0.2) is 11.9 Å². The van der Waals surface area contributed by atoms with Gasteiger partial charge in [0.05, 0.1) is 11.4 Å². The highest BCUT2D eigenvalue weighted by Crippen LogP contribution is 2.28. The lowest BCUT2D eigenvalue weighted by atomic mass is 10.0. The maximum absolute atomic E-state index is 13.0. The Morgan fingerprint density at radius 2 is 2.12 bits per heavy atom. The van der Waals surface area contributed by atoms with Crippen molar-refractivity contribution in [3.05, 3.63) is 24.0 Å². The largest absolute Gasteiger partial charge is 0.380 e. The summed E-state index contributed by atoms with van der Waals surface area (Å²) in [7, 11) is 0. The number of carbonyl (C=O) groups excluding carboxylic acids is 1. The number of halogens is 1. The Labute approximate surface area is 94.0 Å². The molecule has 0 aromatic heterocycles. The van der Waals surface area contributed by atoms with Crippen LogP contribution in [0.3, 0.4) is 0 Å². The Balaban J connectivity index is 2.35. The van der Waals surface area contributed by atoms with Crippen LogP contribution in [0.1, 0.15) is 20.3 Å². The quantitative estimate of drug-likeness (QED) is 0.766. The zero-order chi connectivity index (χ0) is 11.7. The van der Waals surface area contributed by atoms with Gasteiger partial charge in [0, 0.05) is 12.5 Å². The first-order valence-electron chi connectivity index (χ1n) is 5.42. The molecule has 1 heterocycles. The van der Waals surface area contributed by atoms with Gasteiger partial charge in [-0.2, -0.15) is 0 Å². The molecule has 16 heavy (non-hydrogen) atoms. The number of nitrogens with one attached hydrogen (secondary N) is 2. The van der Waals surface area contributed by atoms with Crippen molar-refractivity contribution in [1.29, 1.82) is 0 Å².